The zero-order chi connectivity index (χ0) is 17.7. The topological polar surface area (TPSA) is 63.2 Å². The number of carbonyl (C=O) groups excluding carboxylic acids is 1. The fourth-order valence-corrected chi connectivity index (χ4v) is 3.70. The Labute approximate surface area is 147 Å². The average Bonchev–Trinajstić information content (AvgIpc) is 2.55. The molecule has 2 aromatic carbocycles. The van der Waals surface area contributed by atoms with Gasteiger partial charge in [0.1, 0.15) is 0 Å². The zero-order valence-corrected chi connectivity index (χ0v) is 15.5. The van der Waals surface area contributed by atoms with E-state index in [2.05, 4.69) is 5.32 Å². The van der Waals surface area contributed by atoms with Crippen LogP contribution in [0.4, 0.5) is 0 Å². The second-order valence-electron chi connectivity index (χ2n) is 5.64. The average molecular weight is 364 g/mol. The molecular weight excluding hydrogens is 342 g/mol. The Morgan fingerprint density at radius 3 is 2.12 bits per heavy atom. The van der Waals surface area contributed by atoms with Gasteiger partial charge in [0, 0.05) is 11.2 Å². The van der Waals surface area contributed by atoms with E-state index in [1.54, 1.807) is 24.3 Å². The summed E-state index contributed by atoms with van der Waals surface area (Å²) in [6, 6.07) is 16.2. The first-order valence-electron chi connectivity index (χ1n) is 7.59. The van der Waals surface area contributed by atoms with Gasteiger partial charge in [-0.3, -0.25) is 4.79 Å². The van der Waals surface area contributed by atoms with Crippen molar-refractivity contribution < 1.29 is 13.2 Å². The molecule has 0 unspecified atom stereocenters. The molecule has 0 saturated heterocycles. The Kier molecular flexibility index (Phi) is 6.07. The van der Waals surface area contributed by atoms with Crippen LogP contribution in [-0.4, -0.2) is 25.8 Å². The molecule has 6 heteroatoms. The van der Waals surface area contributed by atoms with Crippen molar-refractivity contribution in [2.45, 2.75) is 34.9 Å². The number of hydrogen-bond donors (Lipinski definition) is 1. The molecule has 0 aromatic heterocycles. The highest BCUT2D eigenvalue weighted by Crippen LogP contribution is 2.24. The summed E-state index contributed by atoms with van der Waals surface area (Å²) in [5.74, 6) is -0.0523. The van der Waals surface area contributed by atoms with Crippen LogP contribution in [0.5, 0.6) is 0 Å². The van der Waals surface area contributed by atoms with Gasteiger partial charge >= 0.3 is 0 Å². The zero-order valence-electron chi connectivity index (χ0n) is 13.9. The van der Waals surface area contributed by atoms with Crippen molar-refractivity contribution >= 4 is 27.5 Å². The van der Waals surface area contributed by atoms with Gasteiger partial charge in [0.2, 0.25) is 5.91 Å². The minimum absolute atomic E-state index is 0.0523. The minimum atomic E-state index is -3.21. The Morgan fingerprint density at radius 1 is 1.00 bits per heavy atom. The molecule has 2 aromatic rings. The number of nitrogens with one attached hydrogen (secondary N) is 1. The molecule has 4 nitrogen and oxygen atoms in total. The normalized spacial score (nSPS) is 14.0. The van der Waals surface area contributed by atoms with E-state index < -0.39 is 9.84 Å². The molecule has 0 bridgehead atoms. The summed E-state index contributed by atoms with van der Waals surface area (Å²) in [5.41, 5.74) is 0.868. The molecule has 0 spiro atoms. The van der Waals surface area contributed by atoms with Crippen LogP contribution in [0.2, 0.25) is 0 Å². The molecular formula is C18H21NO3S2. The minimum Gasteiger partial charge on any atom is -0.349 e. The molecule has 1 amide bonds. The van der Waals surface area contributed by atoms with Crippen LogP contribution >= 0.6 is 11.8 Å². The lowest BCUT2D eigenvalue weighted by Gasteiger charge is -2.18. The van der Waals surface area contributed by atoms with E-state index in [4.69, 9.17) is 0 Å². The molecule has 0 radical (unpaired) electrons. The van der Waals surface area contributed by atoms with Crippen molar-refractivity contribution in [3.05, 3.63) is 60.2 Å². The smallest absolute Gasteiger partial charge is 0.233 e. The van der Waals surface area contributed by atoms with E-state index in [0.29, 0.717) is 0 Å². The van der Waals surface area contributed by atoms with Crippen molar-refractivity contribution in [3.8, 4) is 0 Å². The number of amides is 1. The maximum Gasteiger partial charge on any atom is 0.233 e. The predicted octanol–water partition coefficient (Wildman–Crippen LogP) is 3.45. The lowest BCUT2D eigenvalue weighted by molar-refractivity contribution is -0.120. The third-order valence-electron chi connectivity index (χ3n) is 3.59. The molecule has 0 heterocycles. The van der Waals surface area contributed by atoms with Crippen molar-refractivity contribution in [2.75, 3.05) is 6.26 Å². The first-order chi connectivity index (χ1) is 11.3. The highest BCUT2D eigenvalue weighted by atomic mass is 32.2. The second kappa shape index (κ2) is 7.85. The Hall–Kier alpha value is -1.79. The molecule has 2 rings (SSSR count). The first-order valence-corrected chi connectivity index (χ1v) is 10.4. The van der Waals surface area contributed by atoms with Crippen molar-refractivity contribution in [3.63, 3.8) is 0 Å². The Morgan fingerprint density at radius 2 is 1.58 bits per heavy atom. The molecule has 0 aliphatic heterocycles. The second-order valence-corrected chi connectivity index (χ2v) is 9.07. The Balaban J connectivity index is 1.98. The van der Waals surface area contributed by atoms with E-state index >= 15 is 0 Å². The van der Waals surface area contributed by atoms with Gasteiger partial charge in [0.25, 0.3) is 0 Å². The van der Waals surface area contributed by atoms with Gasteiger partial charge in [-0.05, 0) is 43.7 Å². The number of rotatable bonds is 6. The number of sulfone groups is 1. The van der Waals surface area contributed by atoms with E-state index in [1.807, 2.05) is 44.2 Å². The van der Waals surface area contributed by atoms with E-state index in [-0.39, 0.29) is 22.1 Å². The summed E-state index contributed by atoms with van der Waals surface area (Å²) in [6.45, 7) is 3.75. The molecule has 0 aliphatic rings. The molecule has 0 saturated carbocycles. The van der Waals surface area contributed by atoms with E-state index in [1.165, 1.54) is 18.0 Å². The molecule has 0 fully saturated rings. The van der Waals surface area contributed by atoms with Gasteiger partial charge in [-0.15, -0.1) is 11.8 Å². The van der Waals surface area contributed by atoms with Crippen LogP contribution in [0.25, 0.3) is 0 Å². The fourth-order valence-electron chi connectivity index (χ4n) is 2.17. The summed E-state index contributed by atoms with van der Waals surface area (Å²) < 4.78 is 23.0. The highest BCUT2D eigenvalue weighted by molar-refractivity contribution is 8.00. The monoisotopic (exact) mass is 363 g/mol. The molecule has 0 aliphatic carbocycles. The summed E-state index contributed by atoms with van der Waals surface area (Å²) in [5, 5.41) is 2.75. The SMILES string of the molecule is C[C@H](Sc1ccccc1)C(=O)N[C@H](C)c1ccc(S(C)(=O)=O)cc1. The van der Waals surface area contributed by atoms with Gasteiger partial charge in [0.15, 0.2) is 9.84 Å². The number of carbonyl (C=O) groups is 1. The van der Waals surface area contributed by atoms with Gasteiger partial charge in [-0.2, -0.15) is 0 Å². The maximum atomic E-state index is 12.3. The van der Waals surface area contributed by atoms with E-state index in [0.717, 1.165) is 10.5 Å². The standard InChI is InChI=1S/C18H21NO3S2/c1-13(15-9-11-17(12-10-15)24(3,21)22)19-18(20)14(2)23-16-7-5-4-6-8-16/h4-14H,1-3H3,(H,19,20)/t13-,14+/m1/s1. The van der Waals surface area contributed by atoms with Gasteiger partial charge < -0.3 is 5.32 Å². The Bertz CT molecular complexity index is 787. The van der Waals surface area contributed by atoms with Gasteiger partial charge in [-0.1, -0.05) is 30.3 Å². The first kappa shape index (κ1) is 18.5. The van der Waals surface area contributed by atoms with Crippen molar-refractivity contribution in [1.82, 2.24) is 5.32 Å². The summed E-state index contributed by atoms with van der Waals surface area (Å²) in [4.78, 5) is 13.7. The number of thioether (sulfide) groups is 1. The molecule has 2 atom stereocenters. The molecule has 128 valence electrons. The quantitative estimate of drug-likeness (QED) is 0.799. The summed E-state index contributed by atoms with van der Waals surface area (Å²) in [6.07, 6.45) is 1.18. The lowest BCUT2D eigenvalue weighted by Crippen LogP contribution is -2.33. The number of hydrogen-bond acceptors (Lipinski definition) is 4. The highest BCUT2D eigenvalue weighted by Gasteiger charge is 2.17. The summed E-state index contributed by atoms with van der Waals surface area (Å²) >= 11 is 1.50. The maximum absolute atomic E-state index is 12.3. The van der Waals surface area contributed by atoms with Crippen molar-refractivity contribution in [1.29, 1.82) is 0 Å². The van der Waals surface area contributed by atoms with Crippen LogP contribution < -0.4 is 5.32 Å². The van der Waals surface area contributed by atoms with Crippen LogP contribution in [0.3, 0.4) is 0 Å². The largest absolute Gasteiger partial charge is 0.349 e. The van der Waals surface area contributed by atoms with Crippen LogP contribution in [0.1, 0.15) is 25.5 Å². The van der Waals surface area contributed by atoms with Crippen molar-refractivity contribution in [2.24, 2.45) is 0 Å². The summed E-state index contributed by atoms with van der Waals surface area (Å²) in [7, 11) is -3.21. The predicted molar refractivity (Wildman–Crippen MR) is 97.9 cm³/mol. The van der Waals surface area contributed by atoms with Crippen LogP contribution in [0, 0.1) is 0 Å². The molecule has 1 N–H and O–H groups in total. The third kappa shape index (κ3) is 5.11. The van der Waals surface area contributed by atoms with Gasteiger partial charge in [0.05, 0.1) is 16.2 Å². The van der Waals surface area contributed by atoms with Crippen LogP contribution in [-0.2, 0) is 14.6 Å². The molecule has 24 heavy (non-hydrogen) atoms. The van der Waals surface area contributed by atoms with E-state index in [9.17, 15) is 13.2 Å². The van der Waals surface area contributed by atoms with Gasteiger partial charge in [-0.25, -0.2) is 8.42 Å². The third-order valence-corrected chi connectivity index (χ3v) is 5.83. The number of benzene rings is 2. The van der Waals surface area contributed by atoms with Crippen LogP contribution in [0.15, 0.2) is 64.4 Å². The fraction of sp³-hybridized carbons (Fsp3) is 0.278. The lowest BCUT2D eigenvalue weighted by atomic mass is 10.1.